The fourth-order valence-electron chi connectivity index (χ4n) is 24.2. The van der Waals surface area contributed by atoms with Crippen molar-refractivity contribution in [2.24, 2.45) is 116 Å². The monoisotopic (exact) mass is 1320 g/mol. The predicted molar refractivity (Wildman–Crippen MR) is 378 cm³/mol. The van der Waals surface area contributed by atoms with Crippen molar-refractivity contribution in [2.75, 3.05) is 12.4 Å². The van der Waals surface area contributed by atoms with Crippen LogP contribution in [0.3, 0.4) is 0 Å². The van der Waals surface area contributed by atoms with Gasteiger partial charge in [-0.1, -0.05) is 119 Å². The van der Waals surface area contributed by atoms with Crippen molar-refractivity contribution in [3.63, 3.8) is 0 Å². The first-order chi connectivity index (χ1) is 43.2. The van der Waals surface area contributed by atoms with Crippen LogP contribution in [0.2, 0.25) is 0 Å². The number of aliphatic hydroxyl groups is 3. The van der Waals surface area contributed by atoms with Gasteiger partial charge in [0.1, 0.15) is 0 Å². The van der Waals surface area contributed by atoms with Crippen molar-refractivity contribution in [1.29, 1.82) is 0 Å². The molecular formula is C82H133LiO8S2. The van der Waals surface area contributed by atoms with E-state index < -0.39 is 41.7 Å². The number of sulfone groups is 2. The van der Waals surface area contributed by atoms with Crippen LogP contribution < -0.4 is 18.9 Å². The minimum atomic E-state index is -3.61. The van der Waals surface area contributed by atoms with Crippen molar-refractivity contribution in [3.8, 4) is 0 Å². The smallest absolute Gasteiger partial charge is 0.390 e. The minimum absolute atomic E-state index is 0. The molecule has 0 radical (unpaired) electrons. The second kappa shape index (κ2) is 29.4. The maximum absolute atomic E-state index is 14.5. The summed E-state index contributed by atoms with van der Waals surface area (Å²) in [5, 5.41) is 33.1. The van der Waals surface area contributed by atoms with Crippen molar-refractivity contribution in [3.05, 3.63) is 67.6 Å². The maximum Gasteiger partial charge on any atom is 1.00 e. The van der Waals surface area contributed by atoms with Gasteiger partial charge in [-0.15, -0.1) is 0 Å². The summed E-state index contributed by atoms with van der Waals surface area (Å²) in [5.41, 5.74) is -0.365. The van der Waals surface area contributed by atoms with Gasteiger partial charge in [0, 0.05) is 0 Å². The molecule has 1 saturated heterocycles. The van der Waals surface area contributed by atoms with Gasteiger partial charge >= 0.3 is 18.9 Å². The molecule has 1 heterocycles. The summed E-state index contributed by atoms with van der Waals surface area (Å²) in [5.74, 6) is 10.1. The molecule has 11 heteroatoms. The Morgan fingerprint density at radius 1 is 0.505 bits per heavy atom. The first-order valence-electron chi connectivity index (χ1n) is 38.4. The van der Waals surface area contributed by atoms with Crippen LogP contribution in [-0.2, 0) is 24.4 Å². The normalized spacial score (nSPS) is 43.4. The van der Waals surface area contributed by atoms with Crippen LogP contribution in [0.15, 0.2) is 70.5 Å². The molecule has 0 aromatic heterocycles. The van der Waals surface area contributed by atoms with E-state index in [2.05, 4.69) is 83.1 Å². The second-order valence-electron chi connectivity index (χ2n) is 36.4. The van der Waals surface area contributed by atoms with Gasteiger partial charge in [-0.25, -0.2) is 16.8 Å². The molecule has 11 fully saturated rings. The van der Waals surface area contributed by atoms with Crippen LogP contribution in [0, 0.1) is 123 Å². The summed E-state index contributed by atoms with van der Waals surface area (Å²) in [4.78, 5) is 0.888. The van der Waals surface area contributed by atoms with Crippen LogP contribution in [-0.4, -0.2) is 72.2 Å². The van der Waals surface area contributed by atoms with Crippen LogP contribution in [0.5, 0.6) is 0 Å². The number of epoxide rings is 1. The Morgan fingerprint density at radius 2 is 0.914 bits per heavy atom. The Morgan fingerprint density at radius 3 is 1.34 bits per heavy atom. The zero-order valence-electron chi connectivity index (χ0n) is 61.4. The summed E-state index contributed by atoms with van der Waals surface area (Å²) in [6, 6.07) is 18.1. The summed E-state index contributed by atoms with van der Waals surface area (Å²) < 4.78 is 60.8. The molecule has 522 valence electrons. The number of benzene rings is 2. The van der Waals surface area contributed by atoms with Gasteiger partial charge < -0.3 is 27.0 Å². The molecule has 93 heavy (non-hydrogen) atoms. The second-order valence-corrected chi connectivity index (χ2v) is 40.6. The van der Waals surface area contributed by atoms with Gasteiger partial charge in [-0.3, -0.25) is 0 Å². The molecule has 8 nitrogen and oxygen atoms in total. The minimum Gasteiger partial charge on any atom is -0.390 e. The molecule has 1 unspecified atom stereocenters. The molecule has 0 amide bonds. The quantitative estimate of drug-likeness (QED) is 0.102. The van der Waals surface area contributed by atoms with Gasteiger partial charge in [0.05, 0.1) is 49.8 Å². The predicted octanol–water partition coefficient (Wildman–Crippen LogP) is 16.6. The number of ether oxygens (including phenoxy) is 1. The Kier molecular flexibility index (Phi) is 24.0. The number of unbranched alkanes of at least 4 members (excludes halogenated alkanes) is 1. The van der Waals surface area contributed by atoms with E-state index in [1.54, 1.807) is 24.3 Å². The van der Waals surface area contributed by atoms with Crippen molar-refractivity contribution >= 4 is 19.7 Å². The average molecular weight is 1320 g/mol. The van der Waals surface area contributed by atoms with Crippen molar-refractivity contribution < 1.29 is 55.8 Å². The largest absolute Gasteiger partial charge is 1.00 e. The van der Waals surface area contributed by atoms with Crippen molar-refractivity contribution in [1.82, 2.24) is 0 Å². The number of rotatable bonds is 13. The molecule has 10 saturated carbocycles. The molecule has 2 aromatic rings. The van der Waals surface area contributed by atoms with Gasteiger partial charge in [0.2, 0.25) is 0 Å². The summed E-state index contributed by atoms with van der Waals surface area (Å²) >= 11 is 0. The van der Waals surface area contributed by atoms with E-state index >= 15 is 0 Å². The average Bonchev–Trinajstić information content (AvgIpc) is 1.71. The van der Waals surface area contributed by atoms with Gasteiger partial charge in [0.25, 0.3) is 0 Å². The summed E-state index contributed by atoms with van der Waals surface area (Å²) in [6.07, 6.45) is 32.4. The molecule has 13 rings (SSSR count). The molecule has 1 aliphatic heterocycles. The number of hydrogen-bond donors (Lipinski definition) is 3. The zero-order valence-corrected chi connectivity index (χ0v) is 63.0. The van der Waals surface area contributed by atoms with E-state index in [0.717, 1.165) is 106 Å². The first kappa shape index (κ1) is 76.0. The molecule has 2 aromatic carbocycles. The van der Waals surface area contributed by atoms with Crippen LogP contribution in [0.4, 0.5) is 0 Å². The molecule has 19 atom stereocenters. The maximum atomic E-state index is 14.5. The van der Waals surface area contributed by atoms with Crippen LogP contribution in [0.25, 0.3) is 0 Å². The Hall–Kier alpha value is -1.22. The molecular weight excluding hydrogens is 1180 g/mol. The van der Waals surface area contributed by atoms with E-state index in [9.17, 15) is 32.2 Å². The van der Waals surface area contributed by atoms with Gasteiger partial charge in [-0.2, -0.15) is 6.42 Å². The van der Waals surface area contributed by atoms with E-state index in [4.69, 9.17) is 4.74 Å². The van der Waals surface area contributed by atoms with Crippen LogP contribution >= 0.6 is 0 Å². The first-order valence-corrected chi connectivity index (χ1v) is 41.6. The van der Waals surface area contributed by atoms with E-state index in [-0.39, 0.29) is 47.3 Å². The third kappa shape index (κ3) is 15.8. The summed E-state index contributed by atoms with van der Waals surface area (Å²) in [7, 11) is -6.86. The van der Waals surface area contributed by atoms with Gasteiger partial charge in [0.15, 0.2) is 19.7 Å². The molecule has 11 aliphatic rings. The standard InChI is InChI=1S/C39H62O4S.C29H44O3S.C10H18O.C4H9.Li/c1-26(2)28-16-20-39(41,21-17-28)25-35(44(42,43)30-10-8-7-9-11-30)27(3)32-14-15-33-31-13-12-29-24-36(4,40)22-23-37(29,5)34(31)18-19-38(32,33)6;1-20(19-33(31,32)22-8-6-5-7-9-22)24-12-13-25-23-11-10-21-18-27(2,30)16-17-28(21,3)26(23)14-15-29(24,25)4;1-8(2)9-3-5-10(6-4-9)7-11-10;1-3-4-2;/h7-11,26-29,31-35,40-41H,12-25H2,1-6H3;5-9,20-21,23-26,30H,10-19H2,1-4H3;8-9H,3-7H2,1-2H3;1,3-4H2,2H3;/q;;;-1;+1/t27-,28?,29-,31-,32+,33-,34-,35?,36-,37-,38+,39?;20-,21+,23+,24-,25+,26+,27+,28+,29-;;;/m01.../s1. The number of hydrogen-bond acceptors (Lipinski definition) is 8. The molecule has 3 N–H and O–H groups in total. The van der Waals surface area contributed by atoms with E-state index in [1.807, 2.05) is 50.2 Å². The Balaban J connectivity index is 0.000000181. The molecule has 10 aliphatic carbocycles. The third-order valence-corrected chi connectivity index (χ3v) is 34.6. The van der Waals surface area contributed by atoms with E-state index in [1.165, 1.54) is 109 Å². The Labute approximate surface area is 581 Å². The van der Waals surface area contributed by atoms with Gasteiger partial charge in [-0.05, 0) is 328 Å². The van der Waals surface area contributed by atoms with Crippen LogP contribution in [0.1, 0.15) is 276 Å². The fourth-order valence-corrected chi connectivity index (χ4v) is 28.1. The fraction of sp³-hybridized carbons (Fsp3) is 0.841. The molecule has 1 spiro atoms. The summed E-state index contributed by atoms with van der Waals surface area (Å²) in [6.45, 7) is 34.7. The topological polar surface area (TPSA) is 141 Å². The van der Waals surface area contributed by atoms with Crippen molar-refractivity contribution in [2.45, 2.75) is 314 Å². The molecule has 0 bridgehead atoms. The SMILES string of the molecule is CC(C)C1CCC(O)(CC([C@@H](C)[C@H]2CC[C@H]3[C@@H]4CC[C@H]5C[C@@](C)(O)CC[C@]5(C)[C@H]4CC[C@]23C)S(=O)(=O)c2ccccc2)CC1.CC(C)C1CCC2(CC1)CO2.C[C@H](CS(=O)(=O)c1ccccc1)[C@H]1CC[C@H]2[C@@H]3CC[C@H]4C[C@@](C)(O)CC[C@]4(C)[C@H]3CC[C@]12C.[CH2-]CCC.[Li+]. The third-order valence-electron chi connectivity index (χ3n) is 30.3. The number of fused-ring (bicyclic) bond motifs is 10. The zero-order chi connectivity index (χ0) is 66.7. The Bertz CT molecular complexity index is 2940. The van der Waals surface area contributed by atoms with E-state index in [0.29, 0.717) is 86.9 Å².